The molecule has 0 fully saturated rings. The summed E-state index contributed by atoms with van der Waals surface area (Å²) in [5.74, 6) is 9.99. The van der Waals surface area contributed by atoms with Gasteiger partial charge in [0.15, 0.2) is 0 Å². The van der Waals surface area contributed by atoms with E-state index in [1.165, 1.54) is 41.7 Å². The highest BCUT2D eigenvalue weighted by atomic mass is 32.2. The fourth-order valence-electron chi connectivity index (χ4n) is 2.09. The molecule has 0 heterocycles. The van der Waals surface area contributed by atoms with Crippen LogP contribution in [0.3, 0.4) is 0 Å². The number of aryl methyl sites for hydroxylation is 2. The largest absolute Gasteiger partial charge is 0.187 e. The molecule has 0 N–H and O–H groups in total. The summed E-state index contributed by atoms with van der Waals surface area (Å²) in [5.41, 5.74) is 2.68. The molecule has 0 aliphatic rings. The van der Waals surface area contributed by atoms with E-state index in [-0.39, 0.29) is 0 Å². The highest BCUT2D eigenvalue weighted by Gasteiger charge is 2.05. The van der Waals surface area contributed by atoms with E-state index in [4.69, 9.17) is 0 Å². The van der Waals surface area contributed by atoms with Crippen molar-refractivity contribution >= 4 is 20.9 Å². The lowest BCUT2D eigenvalue weighted by molar-refractivity contribution is 0.706. The average molecular weight is 250 g/mol. The highest BCUT2D eigenvalue weighted by molar-refractivity contribution is 8.27. The topological polar surface area (TPSA) is 0 Å². The number of rotatable bonds is 6. The van der Waals surface area contributed by atoms with Crippen molar-refractivity contribution in [3.05, 3.63) is 29.3 Å². The van der Waals surface area contributed by atoms with E-state index < -0.39 is 9.21 Å². The van der Waals surface area contributed by atoms with E-state index in [0.29, 0.717) is 0 Å². The maximum atomic E-state index is 4.41. The summed E-state index contributed by atoms with van der Waals surface area (Å²) in [6, 6.07) is 6.66. The molecular weight excluding hydrogens is 224 g/mol. The van der Waals surface area contributed by atoms with Crippen molar-refractivity contribution in [3.63, 3.8) is 0 Å². The lowest BCUT2D eigenvalue weighted by Gasteiger charge is -2.18. The minimum absolute atomic E-state index is 1.09. The molecule has 0 saturated carbocycles. The highest BCUT2D eigenvalue weighted by Crippen LogP contribution is 2.36. The maximum Gasteiger partial charge on any atom is -0.000718 e. The summed E-state index contributed by atoms with van der Waals surface area (Å²) in [6.45, 7) is 6.58. The third kappa shape index (κ3) is 4.23. The van der Waals surface area contributed by atoms with Gasteiger partial charge in [0.05, 0.1) is 0 Å². The Morgan fingerprint density at radius 3 is 2.41 bits per heavy atom. The van der Waals surface area contributed by atoms with Crippen LogP contribution in [0, 0.1) is 13.8 Å². The fourth-order valence-corrected chi connectivity index (χ4v) is 4.25. The van der Waals surface area contributed by atoms with Crippen LogP contribution in [-0.2, 0) is 0 Å². The van der Waals surface area contributed by atoms with Crippen molar-refractivity contribution in [2.45, 2.75) is 51.3 Å². The standard InChI is InChI=1S/C16H26S/c1-6-7-8-9-12-17(4,5)16-13-14(2)10-11-15(16)3/h10-11,13H,4-9,12H2,1-3H3. The van der Waals surface area contributed by atoms with Crippen molar-refractivity contribution in [1.29, 1.82) is 0 Å². The molecule has 1 heteroatoms. The molecule has 0 nitrogen and oxygen atoms in total. The summed E-state index contributed by atoms with van der Waals surface area (Å²) in [7, 11) is -1.09. The zero-order valence-corrected chi connectivity index (χ0v) is 12.4. The number of unbranched alkanes of at least 4 members (excludes halogenated alkanes) is 3. The summed E-state index contributed by atoms with van der Waals surface area (Å²) in [4.78, 5) is 1.40. The fraction of sp³-hybridized carbons (Fsp3) is 0.500. The first-order valence-corrected chi connectivity index (χ1v) is 8.66. The van der Waals surface area contributed by atoms with Gasteiger partial charge >= 0.3 is 0 Å². The van der Waals surface area contributed by atoms with Crippen LogP contribution in [0.5, 0.6) is 0 Å². The average Bonchev–Trinajstić information content (AvgIpc) is 2.28. The molecule has 0 radical (unpaired) electrons. The Bertz CT molecular complexity index is 452. The summed E-state index contributed by atoms with van der Waals surface area (Å²) < 4.78 is 0. The second-order valence-electron chi connectivity index (χ2n) is 5.08. The van der Waals surface area contributed by atoms with Gasteiger partial charge in [0.1, 0.15) is 0 Å². The minimum atomic E-state index is -1.09. The molecule has 0 aromatic heterocycles. The summed E-state index contributed by atoms with van der Waals surface area (Å²) in [5, 5.41) is 0. The molecule has 0 atom stereocenters. The second kappa shape index (κ2) is 6.30. The van der Waals surface area contributed by atoms with Gasteiger partial charge in [0, 0.05) is 0 Å². The van der Waals surface area contributed by atoms with Gasteiger partial charge in [-0.2, -0.15) is 9.21 Å². The molecule has 17 heavy (non-hydrogen) atoms. The van der Waals surface area contributed by atoms with Crippen molar-refractivity contribution in [1.82, 2.24) is 0 Å². The van der Waals surface area contributed by atoms with Crippen LogP contribution < -0.4 is 0 Å². The van der Waals surface area contributed by atoms with Crippen LogP contribution in [0.2, 0.25) is 0 Å². The van der Waals surface area contributed by atoms with Crippen LogP contribution in [0.15, 0.2) is 23.1 Å². The first-order valence-electron chi connectivity index (χ1n) is 6.52. The molecular formula is C16H26S. The lowest BCUT2D eigenvalue weighted by atomic mass is 10.2. The Labute approximate surface area is 108 Å². The first-order chi connectivity index (χ1) is 7.97. The zero-order chi connectivity index (χ0) is 12.9. The number of hydrogen-bond donors (Lipinski definition) is 0. The Kier molecular flexibility index (Phi) is 5.32. The molecule has 96 valence electrons. The van der Waals surface area contributed by atoms with Crippen molar-refractivity contribution in [2.75, 3.05) is 5.75 Å². The van der Waals surface area contributed by atoms with E-state index in [2.05, 4.69) is 50.7 Å². The molecule has 0 aliphatic heterocycles. The van der Waals surface area contributed by atoms with Gasteiger partial charge in [-0.3, -0.25) is 0 Å². The molecule has 1 aromatic carbocycles. The van der Waals surface area contributed by atoms with Gasteiger partial charge in [0.2, 0.25) is 0 Å². The molecule has 0 aliphatic carbocycles. The molecule has 0 bridgehead atoms. The van der Waals surface area contributed by atoms with E-state index in [9.17, 15) is 0 Å². The maximum absolute atomic E-state index is 4.41. The predicted octanol–water partition coefficient (Wildman–Crippen LogP) is 4.91. The van der Waals surface area contributed by atoms with Gasteiger partial charge < -0.3 is 0 Å². The first kappa shape index (κ1) is 14.4. The van der Waals surface area contributed by atoms with E-state index in [1.807, 2.05) is 0 Å². The minimum Gasteiger partial charge on any atom is -0.187 e. The Morgan fingerprint density at radius 1 is 1.06 bits per heavy atom. The predicted molar refractivity (Wildman–Crippen MR) is 85.0 cm³/mol. The van der Waals surface area contributed by atoms with Gasteiger partial charge in [-0.05, 0) is 42.5 Å². The van der Waals surface area contributed by atoms with E-state index in [1.54, 1.807) is 0 Å². The summed E-state index contributed by atoms with van der Waals surface area (Å²) >= 11 is 0. The molecule has 1 rings (SSSR count). The van der Waals surface area contributed by atoms with Gasteiger partial charge in [-0.15, -0.1) is 0 Å². The van der Waals surface area contributed by atoms with Gasteiger partial charge in [0.25, 0.3) is 0 Å². The Morgan fingerprint density at radius 2 is 1.76 bits per heavy atom. The van der Waals surface area contributed by atoms with Crippen molar-refractivity contribution in [3.8, 4) is 0 Å². The smallest absolute Gasteiger partial charge is 0.000718 e. The third-order valence-corrected chi connectivity index (χ3v) is 5.64. The summed E-state index contributed by atoms with van der Waals surface area (Å²) in [6.07, 6.45) is 5.22. The van der Waals surface area contributed by atoms with Crippen LogP contribution in [0.25, 0.3) is 0 Å². The number of benzene rings is 1. The van der Waals surface area contributed by atoms with Crippen LogP contribution >= 0.6 is 9.21 Å². The Hall–Kier alpha value is -0.690. The van der Waals surface area contributed by atoms with Crippen LogP contribution in [0.1, 0.15) is 43.7 Å². The quantitative estimate of drug-likeness (QED) is 0.497. The Balaban J connectivity index is 2.79. The third-order valence-electron chi connectivity index (χ3n) is 3.20. The van der Waals surface area contributed by atoms with Crippen LogP contribution in [0.4, 0.5) is 0 Å². The molecule has 0 amide bonds. The molecule has 0 unspecified atom stereocenters. The normalized spacial score (nSPS) is 11.7. The SMILES string of the molecule is C=S(=C)(CCCCCC)c1cc(C)ccc1C. The molecule has 1 aromatic rings. The molecule has 0 spiro atoms. The molecule has 0 saturated heterocycles. The zero-order valence-electron chi connectivity index (χ0n) is 11.6. The van der Waals surface area contributed by atoms with E-state index >= 15 is 0 Å². The monoisotopic (exact) mass is 250 g/mol. The van der Waals surface area contributed by atoms with Gasteiger partial charge in [-0.1, -0.05) is 55.6 Å². The lowest BCUT2D eigenvalue weighted by Crippen LogP contribution is -1.93. The van der Waals surface area contributed by atoms with Crippen molar-refractivity contribution < 1.29 is 0 Å². The van der Waals surface area contributed by atoms with E-state index in [0.717, 1.165) is 5.75 Å². The van der Waals surface area contributed by atoms with Gasteiger partial charge in [-0.25, -0.2) is 0 Å². The second-order valence-corrected chi connectivity index (χ2v) is 8.02. The van der Waals surface area contributed by atoms with Crippen LogP contribution in [-0.4, -0.2) is 17.5 Å². The number of hydrogen-bond acceptors (Lipinski definition) is 0. The van der Waals surface area contributed by atoms with Crippen molar-refractivity contribution in [2.24, 2.45) is 0 Å².